The van der Waals surface area contributed by atoms with Gasteiger partial charge in [-0.3, -0.25) is 4.79 Å². The molecular formula is C23H22N4O. The standard InChI is InChI=1S/C23H22N4O/c1-4-13-26(16-20-11-9-19(14-24)10-12-20)23(28)21-15-25-27(18(21)3)22-8-6-5-7-17(22)2/h4-12,15H,1,13,16H2,2-3H3. The molecule has 0 N–H and O–H groups in total. The third-order valence-corrected chi connectivity index (χ3v) is 4.68. The average molecular weight is 370 g/mol. The van der Waals surface area contributed by atoms with E-state index < -0.39 is 0 Å². The van der Waals surface area contributed by atoms with E-state index in [1.54, 1.807) is 34.0 Å². The molecule has 28 heavy (non-hydrogen) atoms. The van der Waals surface area contributed by atoms with Crippen molar-refractivity contribution in [3.63, 3.8) is 0 Å². The summed E-state index contributed by atoms with van der Waals surface area (Å²) in [5.74, 6) is -0.0957. The van der Waals surface area contributed by atoms with Crippen LogP contribution in [0.2, 0.25) is 0 Å². The van der Waals surface area contributed by atoms with Gasteiger partial charge in [-0.15, -0.1) is 6.58 Å². The minimum atomic E-state index is -0.0957. The van der Waals surface area contributed by atoms with E-state index in [0.717, 1.165) is 22.5 Å². The van der Waals surface area contributed by atoms with Gasteiger partial charge in [-0.25, -0.2) is 4.68 Å². The maximum atomic E-state index is 13.2. The predicted molar refractivity (Wildman–Crippen MR) is 109 cm³/mol. The van der Waals surface area contributed by atoms with Crippen LogP contribution in [-0.4, -0.2) is 27.1 Å². The molecule has 2 aromatic carbocycles. The number of benzene rings is 2. The second kappa shape index (κ2) is 8.36. The summed E-state index contributed by atoms with van der Waals surface area (Å²) in [7, 11) is 0. The number of para-hydroxylation sites is 1. The van der Waals surface area contributed by atoms with Crippen LogP contribution in [0.3, 0.4) is 0 Å². The second-order valence-electron chi connectivity index (χ2n) is 6.63. The van der Waals surface area contributed by atoms with E-state index in [4.69, 9.17) is 5.26 Å². The van der Waals surface area contributed by atoms with Crippen molar-refractivity contribution in [2.24, 2.45) is 0 Å². The minimum absolute atomic E-state index is 0.0957. The molecule has 0 fully saturated rings. The monoisotopic (exact) mass is 370 g/mol. The summed E-state index contributed by atoms with van der Waals surface area (Å²) >= 11 is 0. The largest absolute Gasteiger partial charge is 0.331 e. The Morgan fingerprint density at radius 2 is 1.93 bits per heavy atom. The maximum Gasteiger partial charge on any atom is 0.257 e. The summed E-state index contributed by atoms with van der Waals surface area (Å²) in [6, 6.07) is 17.3. The van der Waals surface area contributed by atoms with E-state index >= 15 is 0 Å². The molecule has 1 heterocycles. The average Bonchev–Trinajstić information content (AvgIpc) is 3.09. The molecule has 0 unspecified atom stereocenters. The molecule has 0 spiro atoms. The fourth-order valence-corrected chi connectivity index (χ4v) is 3.11. The Morgan fingerprint density at radius 1 is 1.21 bits per heavy atom. The molecule has 0 aliphatic heterocycles. The van der Waals surface area contributed by atoms with Gasteiger partial charge in [0.2, 0.25) is 0 Å². The highest BCUT2D eigenvalue weighted by molar-refractivity contribution is 5.95. The Hall–Kier alpha value is -3.65. The number of aryl methyl sites for hydroxylation is 1. The Labute approximate surface area is 165 Å². The lowest BCUT2D eigenvalue weighted by Crippen LogP contribution is -2.31. The molecule has 1 amide bonds. The Morgan fingerprint density at radius 3 is 2.57 bits per heavy atom. The summed E-state index contributed by atoms with van der Waals surface area (Å²) < 4.78 is 1.80. The van der Waals surface area contributed by atoms with Crippen molar-refractivity contribution in [3.8, 4) is 11.8 Å². The van der Waals surface area contributed by atoms with Gasteiger partial charge in [0.25, 0.3) is 5.91 Å². The topological polar surface area (TPSA) is 61.9 Å². The van der Waals surface area contributed by atoms with Crippen molar-refractivity contribution in [1.82, 2.24) is 14.7 Å². The van der Waals surface area contributed by atoms with Crippen molar-refractivity contribution in [2.45, 2.75) is 20.4 Å². The number of carbonyl (C=O) groups excluding carboxylic acids is 1. The summed E-state index contributed by atoms with van der Waals surface area (Å²) in [5.41, 5.74) is 4.97. The molecule has 5 heteroatoms. The van der Waals surface area contributed by atoms with Crippen LogP contribution in [-0.2, 0) is 6.54 Å². The first-order valence-corrected chi connectivity index (χ1v) is 9.05. The van der Waals surface area contributed by atoms with Gasteiger partial charge in [0, 0.05) is 13.1 Å². The van der Waals surface area contributed by atoms with Crippen molar-refractivity contribution in [3.05, 3.63) is 95.3 Å². The van der Waals surface area contributed by atoms with Gasteiger partial charge in [0.05, 0.1) is 34.8 Å². The zero-order valence-corrected chi connectivity index (χ0v) is 16.1. The van der Waals surface area contributed by atoms with E-state index in [-0.39, 0.29) is 5.91 Å². The molecule has 0 saturated heterocycles. The maximum absolute atomic E-state index is 13.2. The molecule has 0 aliphatic carbocycles. The molecule has 140 valence electrons. The summed E-state index contributed by atoms with van der Waals surface area (Å²) in [4.78, 5) is 14.9. The van der Waals surface area contributed by atoms with Crippen LogP contribution in [0.4, 0.5) is 0 Å². The molecule has 5 nitrogen and oxygen atoms in total. The lowest BCUT2D eigenvalue weighted by atomic mass is 10.1. The number of hydrogen-bond donors (Lipinski definition) is 0. The minimum Gasteiger partial charge on any atom is -0.331 e. The zero-order valence-electron chi connectivity index (χ0n) is 16.1. The van der Waals surface area contributed by atoms with E-state index in [0.29, 0.717) is 24.2 Å². The van der Waals surface area contributed by atoms with Crippen LogP contribution in [0.1, 0.15) is 32.7 Å². The first kappa shape index (κ1) is 19.1. The predicted octanol–water partition coefficient (Wildman–Crippen LogP) is 4.19. The first-order valence-electron chi connectivity index (χ1n) is 9.05. The number of rotatable bonds is 6. The molecule has 0 bridgehead atoms. The lowest BCUT2D eigenvalue weighted by Gasteiger charge is -2.21. The summed E-state index contributed by atoms with van der Waals surface area (Å²) in [6.07, 6.45) is 3.33. The smallest absolute Gasteiger partial charge is 0.257 e. The van der Waals surface area contributed by atoms with Gasteiger partial charge in [-0.1, -0.05) is 36.4 Å². The van der Waals surface area contributed by atoms with Crippen LogP contribution in [0.15, 0.2) is 67.4 Å². The lowest BCUT2D eigenvalue weighted by molar-refractivity contribution is 0.0762. The molecular weight excluding hydrogens is 348 g/mol. The number of carbonyl (C=O) groups is 1. The van der Waals surface area contributed by atoms with Crippen molar-refractivity contribution in [2.75, 3.05) is 6.54 Å². The Balaban J connectivity index is 1.88. The van der Waals surface area contributed by atoms with Gasteiger partial charge < -0.3 is 4.90 Å². The normalized spacial score (nSPS) is 10.3. The highest BCUT2D eigenvalue weighted by atomic mass is 16.2. The number of nitriles is 1. The number of nitrogens with zero attached hydrogens (tertiary/aromatic N) is 4. The van der Waals surface area contributed by atoms with E-state index in [1.165, 1.54) is 0 Å². The molecule has 0 saturated carbocycles. The van der Waals surface area contributed by atoms with Crippen LogP contribution in [0, 0.1) is 25.2 Å². The van der Waals surface area contributed by atoms with E-state index in [1.807, 2.05) is 50.2 Å². The van der Waals surface area contributed by atoms with Crippen LogP contribution >= 0.6 is 0 Å². The number of amides is 1. The third kappa shape index (κ3) is 3.86. The van der Waals surface area contributed by atoms with Gasteiger partial charge in [0.1, 0.15) is 0 Å². The molecule has 3 aromatic rings. The summed E-state index contributed by atoms with van der Waals surface area (Å²) in [5, 5.41) is 13.4. The molecule has 0 radical (unpaired) electrons. The third-order valence-electron chi connectivity index (χ3n) is 4.68. The van der Waals surface area contributed by atoms with Crippen LogP contribution in [0.25, 0.3) is 5.69 Å². The first-order chi connectivity index (χ1) is 13.5. The van der Waals surface area contributed by atoms with Crippen molar-refractivity contribution in [1.29, 1.82) is 5.26 Å². The highest BCUT2D eigenvalue weighted by Crippen LogP contribution is 2.19. The Kier molecular flexibility index (Phi) is 5.71. The van der Waals surface area contributed by atoms with Crippen LogP contribution in [0.5, 0.6) is 0 Å². The second-order valence-corrected chi connectivity index (χ2v) is 6.63. The molecule has 1 aromatic heterocycles. The van der Waals surface area contributed by atoms with Crippen molar-refractivity contribution < 1.29 is 4.79 Å². The van der Waals surface area contributed by atoms with Crippen molar-refractivity contribution >= 4 is 5.91 Å². The van der Waals surface area contributed by atoms with Gasteiger partial charge >= 0.3 is 0 Å². The fraction of sp³-hybridized carbons (Fsp3) is 0.174. The molecule has 0 aliphatic rings. The fourth-order valence-electron chi connectivity index (χ4n) is 3.11. The Bertz CT molecular complexity index is 1040. The summed E-state index contributed by atoms with van der Waals surface area (Å²) in [6.45, 7) is 8.56. The van der Waals surface area contributed by atoms with Gasteiger partial charge in [0.15, 0.2) is 0 Å². The zero-order chi connectivity index (χ0) is 20.1. The van der Waals surface area contributed by atoms with Gasteiger partial charge in [-0.2, -0.15) is 10.4 Å². The SMILES string of the molecule is C=CCN(Cc1ccc(C#N)cc1)C(=O)c1cnn(-c2ccccc2C)c1C. The van der Waals surface area contributed by atoms with Crippen LogP contribution < -0.4 is 0 Å². The van der Waals surface area contributed by atoms with E-state index in [2.05, 4.69) is 17.7 Å². The van der Waals surface area contributed by atoms with E-state index in [9.17, 15) is 4.79 Å². The number of hydrogen-bond acceptors (Lipinski definition) is 3. The number of aromatic nitrogens is 2. The van der Waals surface area contributed by atoms with Gasteiger partial charge in [-0.05, 0) is 43.2 Å². The molecule has 3 rings (SSSR count). The molecule has 0 atom stereocenters. The quantitative estimate of drug-likeness (QED) is 0.611. The highest BCUT2D eigenvalue weighted by Gasteiger charge is 2.21.